The largest absolute Gasteiger partial charge is 0.472 e. The van der Waals surface area contributed by atoms with E-state index in [0.717, 1.165) is 108 Å². The highest BCUT2D eigenvalue weighted by molar-refractivity contribution is 7.47. The van der Waals surface area contributed by atoms with Crippen LogP contribution >= 0.6 is 15.6 Å². The van der Waals surface area contributed by atoms with E-state index in [0.29, 0.717) is 31.6 Å². The number of hydrogen-bond donors (Lipinski definition) is 3. The van der Waals surface area contributed by atoms with Crippen molar-refractivity contribution in [3.8, 4) is 0 Å². The molecule has 98 heavy (non-hydrogen) atoms. The normalized spacial score (nSPS) is 14.3. The fourth-order valence-electron chi connectivity index (χ4n) is 12.1. The van der Waals surface area contributed by atoms with Gasteiger partial charge in [0.15, 0.2) is 12.2 Å². The van der Waals surface area contributed by atoms with Crippen molar-refractivity contribution in [2.24, 2.45) is 17.8 Å². The zero-order valence-electron chi connectivity index (χ0n) is 64.3. The average Bonchev–Trinajstić information content (AvgIpc) is 0.969. The summed E-state index contributed by atoms with van der Waals surface area (Å²) in [6.07, 6.45) is 57.1. The Morgan fingerprint density at radius 1 is 0.296 bits per heavy atom. The van der Waals surface area contributed by atoms with Gasteiger partial charge in [0.05, 0.1) is 26.4 Å². The van der Waals surface area contributed by atoms with E-state index in [1.165, 1.54) is 212 Å². The minimum Gasteiger partial charge on any atom is -0.462 e. The predicted octanol–water partition coefficient (Wildman–Crippen LogP) is 23.4. The van der Waals surface area contributed by atoms with E-state index in [1.54, 1.807) is 0 Å². The van der Waals surface area contributed by atoms with Gasteiger partial charge in [-0.15, -0.1) is 0 Å². The van der Waals surface area contributed by atoms with Gasteiger partial charge in [0.25, 0.3) is 0 Å². The number of esters is 4. The summed E-state index contributed by atoms with van der Waals surface area (Å²) in [7, 11) is -9.92. The number of aliphatic hydroxyl groups is 1. The minimum absolute atomic E-state index is 0.104. The molecule has 0 heterocycles. The number of phosphoric acid groups is 2. The number of hydrogen-bond acceptors (Lipinski definition) is 15. The summed E-state index contributed by atoms with van der Waals surface area (Å²) in [5.74, 6) is 0.127. The molecule has 0 rings (SSSR count). The van der Waals surface area contributed by atoms with Gasteiger partial charge < -0.3 is 33.8 Å². The Balaban J connectivity index is 5.20. The maximum Gasteiger partial charge on any atom is 0.472 e. The van der Waals surface area contributed by atoms with Crippen molar-refractivity contribution in [3.63, 3.8) is 0 Å². The molecule has 19 heteroatoms. The molecule has 0 bridgehead atoms. The zero-order valence-corrected chi connectivity index (χ0v) is 66.0. The van der Waals surface area contributed by atoms with Gasteiger partial charge >= 0.3 is 39.5 Å². The summed E-state index contributed by atoms with van der Waals surface area (Å²) in [4.78, 5) is 72.9. The van der Waals surface area contributed by atoms with Crippen molar-refractivity contribution in [2.45, 2.75) is 426 Å². The molecular weight excluding hydrogens is 1280 g/mol. The summed E-state index contributed by atoms with van der Waals surface area (Å²) in [6, 6.07) is 0. The summed E-state index contributed by atoms with van der Waals surface area (Å²) < 4.78 is 68.6. The monoisotopic (exact) mass is 1440 g/mol. The molecule has 17 nitrogen and oxygen atoms in total. The third kappa shape index (κ3) is 71.1. The highest BCUT2D eigenvalue weighted by atomic mass is 31.2. The lowest BCUT2D eigenvalue weighted by Gasteiger charge is -2.21. The Morgan fingerprint density at radius 2 is 0.520 bits per heavy atom. The second-order valence-corrected chi connectivity index (χ2v) is 32.6. The second-order valence-electron chi connectivity index (χ2n) is 29.6. The molecule has 0 aliphatic carbocycles. The predicted molar refractivity (Wildman–Crippen MR) is 400 cm³/mol. The number of ether oxygens (including phenoxy) is 4. The standard InChI is InChI=1S/C79H154O17P2/c1-8-10-11-12-13-14-15-16-17-18-19-20-21-22-23-24-25-28-32-40-48-55-62-78(83)95-74(66-89-76(81)60-53-46-39-31-29-26-27-30-36-43-50-57-70(3)4)68-93-97(85,86)91-64-73(80)65-92-98(87,88)94-69-75(67-90-77(82)61-54-47-42-35-37-44-51-58-71(5)6)96-79(84)63-56-49-41-34-33-38-45-52-59-72(7)9-2/h70-75,80H,8-69H2,1-7H3,(H,85,86)(H,87,88)/t72?,73-,74-,75-/m1/s1. The molecule has 0 saturated heterocycles. The number of carbonyl (C=O) groups excluding carboxylic acids is 4. The van der Waals surface area contributed by atoms with Crippen LogP contribution in [0, 0.1) is 17.8 Å². The molecule has 0 aliphatic heterocycles. The Hall–Kier alpha value is -1.94. The van der Waals surface area contributed by atoms with Crippen LogP contribution in [0.15, 0.2) is 0 Å². The van der Waals surface area contributed by atoms with Gasteiger partial charge in [-0.25, -0.2) is 9.13 Å². The van der Waals surface area contributed by atoms with E-state index in [4.69, 9.17) is 37.0 Å². The van der Waals surface area contributed by atoms with Crippen molar-refractivity contribution in [3.05, 3.63) is 0 Å². The number of unbranched alkanes of at least 4 members (excludes halogenated alkanes) is 44. The van der Waals surface area contributed by atoms with Gasteiger partial charge in [0.1, 0.15) is 19.3 Å². The van der Waals surface area contributed by atoms with Gasteiger partial charge in [0.2, 0.25) is 0 Å². The van der Waals surface area contributed by atoms with Crippen LogP contribution < -0.4 is 0 Å². The van der Waals surface area contributed by atoms with E-state index in [1.807, 2.05) is 0 Å². The summed E-state index contributed by atoms with van der Waals surface area (Å²) in [6.45, 7) is 11.9. The molecule has 3 unspecified atom stereocenters. The molecule has 0 saturated carbocycles. The van der Waals surface area contributed by atoms with Crippen molar-refractivity contribution in [1.82, 2.24) is 0 Å². The van der Waals surface area contributed by atoms with Crippen LogP contribution in [0.2, 0.25) is 0 Å². The van der Waals surface area contributed by atoms with Crippen LogP contribution in [0.1, 0.15) is 408 Å². The maximum absolute atomic E-state index is 13.1. The Kier molecular flexibility index (Phi) is 68.1. The lowest BCUT2D eigenvalue weighted by molar-refractivity contribution is -0.161. The van der Waals surface area contributed by atoms with E-state index in [2.05, 4.69) is 48.5 Å². The molecule has 0 aromatic carbocycles. The number of carbonyl (C=O) groups is 4. The van der Waals surface area contributed by atoms with Crippen LogP contribution in [-0.2, 0) is 65.4 Å². The SMILES string of the molecule is CCCCCCCCCCCCCCCCCCCCCCCCC(=O)O[C@H](COC(=O)CCCCCCCCCCCCCC(C)C)COP(=O)(O)OC[C@@H](O)COP(=O)(O)OC[C@@H](COC(=O)CCCCCCCCCC(C)C)OC(=O)CCCCCCCCCCC(C)CC. The summed E-state index contributed by atoms with van der Waals surface area (Å²) >= 11 is 0. The Labute approximate surface area is 600 Å². The zero-order chi connectivity index (χ0) is 72.3. The highest BCUT2D eigenvalue weighted by Gasteiger charge is 2.30. The van der Waals surface area contributed by atoms with Crippen LogP contribution in [0.5, 0.6) is 0 Å². The summed E-state index contributed by atoms with van der Waals surface area (Å²) in [5, 5.41) is 10.6. The molecule has 0 fully saturated rings. The second kappa shape index (κ2) is 69.4. The first-order chi connectivity index (χ1) is 47.3. The van der Waals surface area contributed by atoms with Gasteiger partial charge in [-0.3, -0.25) is 37.3 Å². The molecule has 582 valence electrons. The fraction of sp³-hybridized carbons (Fsp3) is 0.949. The molecule has 0 aliphatic rings. The van der Waals surface area contributed by atoms with Crippen LogP contribution in [-0.4, -0.2) is 96.7 Å². The first-order valence-electron chi connectivity index (χ1n) is 40.9. The van der Waals surface area contributed by atoms with Crippen LogP contribution in [0.4, 0.5) is 0 Å². The van der Waals surface area contributed by atoms with Crippen molar-refractivity contribution < 1.29 is 80.2 Å². The molecule has 0 amide bonds. The fourth-order valence-corrected chi connectivity index (χ4v) is 13.7. The number of rotatable bonds is 77. The van der Waals surface area contributed by atoms with E-state index < -0.39 is 97.5 Å². The summed E-state index contributed by atoms with van der Waals surface area (Å²) in [5.41, 5.74) is 0. The van der Waals surface area contributed by atoms with Gasteiger partial charge in [-0.2, -0.15) is 0 Å². The van der Waals surface area contributed by atoms with Crippen LogP contribution in [0.3, 0.4) is 0 Å². The third-order valence-electron chi connectivity index (χ3n) is 18.7. The van der Waals surface area contributed by atoms with E-state index in [9.17, 15) is 43.2 Å². The topological polar surface area (TPSA) is 237 Å². The van der Waals surface area contributed by atoms with Crippen molar-refractivity contribution in [2.75, 3.05) is 39.6 Å². The molecule has 6 atom stereocenters. The van der Waals surface area contributed by atoms with Gasteiger partial charge in [0, 0.05) is 25.7 Å². The molecular formula is C79H154O17P2. The lowest BCUT2D eigenvalue weighted by atomic mass is 9.99. The number of aliphatic hydroxyl groups excluding tert-OH is 1. The maximum atomic E-state index is 13.1. The molecule has 0 radical (unpaired) electrons. The van der Waals surface area contributed by atoms with Gasteiger partial charge in [-0.1, -0.05) is 357 Å². The number of phosphoric ester groups is 2. The smallest absolute Gasteiger partial charge is 0.462 e. The minimum atomic E-state index is -4.96. The first-order valence-corrected chi connectivity index (χ1v) is 43.9. The molecule has 3 N–H and O–H groups in total. The van der Waals surface area contributed by atoms with Crippen molar-refractivity contribution >= 4 is 39.5 Å². The van der Waals surface area contributed by atoms with E-state index in [-0.39, 0.29) is 25.7 Å². The molecule has 0 spiro atoms. The first kappa shape index (κ1) is 96.1. The Morgan fingerprint density at radius 3 is 0.776 bits per heavy atom. The lowest BCUT2D eigenvalue weighted by Crippen LogP contribution is -2.30. The van der Waals surface area contributed by atoms with Crippen LogP contribution in [0.25, 0.3) is 0 Å². The van der Waals surface area contributed by atoms with Gasteiger partial charge in [-0.05, 0) is 43.4 Å². The third-order valence-corrected chi connectivity index (χ3v) is 20.6. The van der Waals surface area contributed by atoms with Crippen molar-refractivity contribution in [1.29, 1.82) is 0 Å². The average molecular weight is 1440 g/mol. The van der Waals surface area contributed by atoms with E-state index >= 15 is 0 Å². The Bertz CT molecular complexity index is 1910. The quantitative estimate of drug-likeness (QED) is 0.0222. The molecule has 0 aromatic rings. The highest BCUT2D eigenvalue weighted by Crippen LogP contribution is 2.45. The molecule has 0 aromatic heterocycles.